The second-order valence-corrected chi connectivity index (χ2v) is 5.01. The first-order valence-electron chi connectivity index (χ1n) is 5.89. The van der Waals surface area contributed by atoms with Crippen LogP contribution >= 0.6 is 15.9 Å². The molecule has 0 unspecified atom stereocenters. The summed E-state index contributed by atoms with van der Waals surface area (Å²) in [7, 11) is 0. The molecule has 0 saturated heterocycles. The fourth-order valence-corrected chi connectivity index (χ4v) is 2.19. The monoisotopic (exact) mass is 351 g/mol. The van der Waals surface area contributed by atoms with Gasteiger partial charge in [-0.3, -0.25) is 20.2 Å². The van der Waals surface area contributed by atoms with Crippen molar-refractivity contribution in [3.63, 3.8) is 0 Å². The van der Waals surface area contributed by atoms with Crippen LogP contribution in [0.1, 0.15) is 5.56 Å². The van der Waals surface area contributed by atoms with Gasteiger partial charge in [0.05, 0.1) is 15.9 Å². The average Bonchev–Trinajstić information content (AvgIpc) is 2.46. The number of nitro benzene ring substituents is 2. The molecule has 0 aliphatic heterocycles. The molecule has 0 amide bonds. The smallest absolute Gasteiger partial charge is 0.299 e. The Hall–Kier alpha value is -2.48. The first-order valence-corrected chi connectivity index (χ1v) is 6.68. The summed E-state index contributed by atoms with van der Waals surface area (Å²) in [6.07, 6.45) is 0. The van der Waals surface area contributed by atoms with Gasteiger partial charge in [-0.05, 0) is 17.7 Å². The fourth-order valence-electron chi connectivity index (χ4n) is 1.77. The van der Waals surface area contributed by atoms with Crippen molar-refractivity contribution in [3.8, 4) is 0 Å². The zero-order chi connectivity index (χ0) is 15.4. The molecule has 1 N–H and O–H groups in total. The molecule has 2 aromatic rings. The Labute approximate surface area is 128 Å². The van der Waals surface area contributed by atoms with Gasteiger partial charge in [0.1, 0.15) is 5.69 Å². The molecule has 8 heteroatoms. The maximum atomic E-state index is 11.0. The van der Waals surface area contributed by atoms with Crippen LogP contribution in [0.4, 0.5) is 17.1 Å². The number of anilines is 1. The van der Waals surface area contributed by atoms with Crippen molar-refractivity contribution < 1.29 is 9.85 Å². The highest BCUT2D eigenvalue weighted by molar-refractivity contribution is 9.10. The van der Waals surface area contributed by atoms with E-state index in [0.29, 0.717) is 6.54 Å². The first kappa shape index (κ1) is 14.9. The number of benzene rings is 2. The van der Waals surface area contributed by atoms with Crippen LogP contribution in [0.2, 0.25) is 0 Å². The van der Waals surface area contributed by atoms with Gasteiger partial charge in [-0.2, -0.15) is 0 Å². The first-order chi connectivity index (χ1) is 9.99. The van der Waals surface area contributed by atoms with Crippen molar-refractivity contribution in [1.29, 1.82) is 0 Å². The molecule has 0 fully saturated rings. The second kappa shape index (κ2) is 6.31. The van der Waals surface area contributed by atoms with Crippen molar-refractivity contribution in [3.05, 3.63) is 72.7 Å². The van der Waals surface area contributed by atoms with Crippen LogP contribution in [0.15, 0.2) is 46.9 Å². The lowest BCUT2D eigenvalue weighted by Crippen LogP contribution is -2.03. The number of nitro groups is 2. The molecule has 0 aliphatic carbocycles. The Morgan fingerprint density at radius 3 is 2.38 bits per heavy atom. The maximum absolute atomic E-state index is 11.0. The molecule has 2 rings (SSSR count). The molecular formula is C13H10BrN3O4. The van der Waals surface area contributed by atoms with Crippen molar-refractivity contribution in [2.75, 3.05) is 5.32 Å². The third-order valence-corrected chi connectivity index (χ3v) is 3.59. The molecule has 0 bridgehead atoms. The van der Waals surface area contributed by atoms with Gasteiger partial charge in [0.15, 0.2) is 0 Å². The van der Waals surface area contributed by atoms with Crippen molar-refractivity contribution in [2.24, 2.45) is 0 Å². The largest absolute Gasteiger partial charge is 0.375 e. The highest BCUT2D eigenvalue weighted by Crippen LogP contribution is 2.29. The molecular weight excluding hydrogens is 342 g/mol. The van der Waals surface area contributed by atoms with Crippen LogP contribution in [0, 0.1) is 20.2 Å². The summed E-state index contributed by atoms with van der Waals surface area (Å²) in [6, 6.07) is 11.0. The van der Waals surface area contributed by atoms with Crippen LogP contribution in [0.25, 0.3) is 0 Å². The zero-order valence-electron chi connectivity index (χ0n) is 10.7. The SMILES string of the molecule is O=[N+]([O-])c1ccc(NCc2ccccc2Br)c([N+](=O)[O-])c1. The lowest BCUT2D eigenvalue weighted by molar-refractivity contribution is -0.393. The average molecular weight is 352 g/mol. The molecule has 0 heterocycles. The lowest BCUT2D eigenvalue weighted by atomic mass is 10.2. The fraction of sp³-hybridized carbons (Fsp3) is 0.0769. The van der Waals surface area contributed by atoms with Gasteiger partial charge in [-0.1, -0.05) is 34.1 Å². The van der Waals surface area contributed by atoms with E-state index in [1.54, 1.807) is 0 Å². The predicted octanol–water partition coefficient (Wildman–Crippen LogP) is 3.88. The Kier molecular flexibility index (Phi) is 4.49. The number of halogens is 1. The molecule has 2 aromatic carbocycles. The lowest BCUT2D eigenvalue weighted by Gasteiger charge is -2.08. The van der Waals surface area contributed by atoms with Crippen LogP contribution in [-0.4, -0.2) is 9.85 Å². The molecule has 0 spiro atoms. The topological polar surface area (TPSA) is 98.3 Å². The molecule has 7 nitrogen and oxygen atoms in total. The van der Waals surface area contributed by atoms with Crippen molar-refractivity contribution in [1.82, 2.24) is 0 Å². The van der Waals surface area contributed by atoms with Crippen LogP contribution in [0.5, 0.6) is 0 Å². The number of non-ortho nitro benzene ring substituents is 1. The van der Waals surface area contributed by atoms with Crippen molar-refractivity contribution in [2.45, 2.75) is 6.54 Å². The Bertz CT molecular complexity index is 706. The number of hydrogen-bond donors (Lipinski definition) is 1. The summed E-state index contributed by atoms with van der Waals surface area (Å²) in [5.74, 6) is 0. The third kappa shape index (κ3) is 3.54. The standard InChI is InChI=1S/C13H10BrN3O4/c14-11-4-2-1-3-9(11)8-15-12-6-5-10(16(18)19)7-13(12)17(20)21/h1-7,15H,8H2. The molecule has 0 aromatic heterocycles. The zero-order valence-corrected chi connectivity index (χ0v) is 12.2. The van der Waals surface area contributed by atoms with E-state index in [0.717, 1.165) is 16.1 Å². The third-order valence-electron chi connectivity index (χ3n) is 2.82. The molecule has 0 aliphatic rings. The van der Waals surface area contributed by atoms with E-state index in [9.17, 15) is 20.2 Å². The maximum Gasteiger partial charge on any atom is 0.299 e. The molecule has 0 saturated carbocycles. The summed E-state index contributed by atoms with van der Waals surface area (Å²) >= 11 is 3.38. The van der Waals surface area contributed by atoms with E-state index in [-0.39, 0.29) is 17.1 Å². The molecule has 0 atom stereocenters. The minimum Gasteiger partial charge on any atom is -0.375 e. The Morgan fingerprint density at radius 2 is 1.76 bits per heavy atom. The van der Waals surface area contributed by atoms with Gasteiger partial charge >= 0.3 is 0 Å². The van der Waals surface area contributed by atoms with Crippen LogP contribution < -0.4 is 5.32 Å². The van der Waals surface area contributed by atoms with Gasteiger partial charge in [0.25, 0.3) is 11.4 Å². The molecule has 108 valence electrons. The summed E-state index contributed by atoms with van der Waals surface area (Å²) in [5.41, 5.74) is 0.524. The highest BCUT2D eigenvalue weighted by atomic mass is 79.9. The predicted molar refractivity (Wildman–Crippen MR) is 81.2 cm³/mol. The summed E-state index contributed by atoms with van der Waals surface area (Å²) < 4.78 is 0.877. The minimum absolute atomic E-state index is 0.237. The number of nitrogens with zero attached hydrogens (tertiary/aromatic N) is 2. The second-order valence-electron chi connectivity index (χ2n) is 4.16. The van der Waals surface area contributed by atoms with E-state index < -0.39 is 9.85 Å². The molecule has 21 heavy (non-hydrogen) atoms. The Balaban J connectivity index is 2.26. The summed E-state index contributed by atoms with van der Waals surface area (Å²) in [4.78, 5) is 20.4. The van der Waals surface area contributed by atoms with Crippen molar-refractivity contribution >= 4 is 33.0 Å². The van der Waals surface area contributed by atoms with E-state index in [1.165, 1.54) is 12.1 Å². The van der Waals surface area contributed by atoms with Crippen LogP contribution in [-0.2, 0) is 6.54 Å². The van der Waals surface area contributed by atoms with Crippen LogP contribution in [0.3, 0.4) is 0 Å². The number of hydrogen-bond acceptors (Lipinski definition) is 5. The van der Waals surface area contributed by atoms with Gasteiger partial charge < -0.3 is 5.32 Å². The number of rotatable bonds is 5. The van der Waals surface area contributed by atoms with Gasteiger partial charge in [0, 0.05) is 17.1 Å². The van der Waals surface area contributed by atoms with Gasteiger partial charge in [-0.25, -0.2) is 0 Å². The minimum atomic E-state index is -0.662. The van der Waals surface area contributed by atoms with E-state index in [1.807, 2.05) is 24.3 Å². The van der Waals surface area contributed by atoms with E-state index >= 15 is 0 Å². The quantitative estimate of drug-likeness (QED) is 0.650. The number of nitrogens with one attached hydrogen (secondary N) is 1. The van der Waals surface area contributed by atoms with Gasteiger partial charge in [0.2, 0.25) is 0 Å². The van der Waals surface area contributed by atoms with Gasteiger partial charge in [-0.15, -0.1) is 0 Å². The Morgan fingerprint density at radius 1 is 1.05 bits per heavy atom. The van der Waals surface area contributed by atoms with E-state index in [4.69, 9.17) is 0 Å². The van der Waals surface area contributed by atoms with E-state index in [2.05, 4.69) is 21.2 Å². The summed E-state index contributed by atoms with van der Waals surface area (Å²) in [6.45, 7) is 0.361. The highest BCUT2D eigenvalue weighted by Gasteiger charge is 2.19. The summed E-state index contributed by atoms with van der Waals surface area (Å²) in [5, 5.41) is 24.6. The molecule has 0 radical (unpaired) electrons. The normalized spacial score (nSPS) is 10.1.